The predicted octanol–water partition coefficient (Wildman–Crippen LogP) is 5.90. The molecule has 4 nitrogen and oxygen atoms in total. The molecule has 0 unspecified atom stereocenters. The quantitative estimate of drug-likeness (QED) is 0.411. The Labute approximate surface area is 188 Å². The van der Waals surface area contributed by atoms with E-state index in [2.05, 4.69) is 26.8 Å². The first kappa shape index (κ1) is 21.9. The number of methoxy groups -OCH3 is 1. The van der Waals surface area contributed by atoms with Gasteiger partial charge in [0.05, 0.1) is 20.3 Å². The van der Waals surface area contributed by atoms with Crippen LogP contribution >= 0.6 is 0 Å². The maximum atomic E-state index is 11.7. The van der Waals surface area contributed by atoms with Crippen molar-refractivity contribution >= 4 is 5.97 Å². The van der Waals surface area contributed by atoms with Crippen LogP contribution in [0.5, 0.6) is 0 Å². The SMILES string of the molecule is COC(=O)CC[C@@H](C)[C@H]1CC[C@H]2[C@@H]3CC=C4CC5(CC[C@]4(C)[C@H]3CC[C@]12C)OCCO5. The lowest BCUT2D eigenvalue weighted by Gasteiger charge is -2.59. The minimum atomic E-state index is -0.311. The molecule has 1 saturated heterocycles. The molecule has 0 aromatic rings. The van der Waals surface area contributed by atoms with E-state index >= 15 is 0 Å². The maximum Gasteiger partial charge on any atom is 0.305 e. The summed E-state index contributed by atoms with van der Waals surface area (Å²) in [6, 6.07) is 0. The van der Waals surface area contributed by atoms with E-state index in [9.17, 15) is 4.79 Å². The second-order valence-corrected chi connectivity index (χ2v) is 11.9. The molecule has 0 N–H and O–H groups in total. The van der Waals surface area contributed by atoms with E-state index < -0.39 is 0 Å². The fraction of sp³-hybridized carbons (Fsp3) is 0.889. The molecule has 7 atom stereocenters. The summed E-state index contributed by atoms with van der Waals surface area (Å²) < 4.78 is 17.1. The molecular weight excluding hydrogens is 388 g/mol. The van der Waals surface area contributed by atoms with Crippen molar-refractivity contribution in [2.75, 3.05) is 20.3 Å². The lowest BCUT2D eigenvalue weighted by Crippen LogP contribution is -2.52. The minimum absolute atomic E-state index is 0.0570. The number of rotatable bonds is 4. The molecule has 4 fully saturated rings. The van der Waals surface area contributed by atoms with Gasteiger partial charge in [-0.3, -0.25) is 4.79 Å². The van der Waals surface area contributed by atoms with Crippen LogP contribution in [-0.4, -0.2) is 32.1 Å². The third kappa shape index (κ3) is 3.42. The largest absolute Gasteiger partial charge is 0.469 e. The van der Waals surface area contributed by atoms with Crippen LogP contribution in [0.15, 0.2) is 11.6 Å². The predicted molar refractivity (Wildman–Crippen MR) is 120 cm³/mol. The van der Waals surface area contributed by atoms with Crippen LogP contribution in [0.25, 0.3) is 0 Å². The Morgan fingerprint density at radius 2 is 1.90 bits per heavy atom. The van der Waals surface area contributed by atoms with E-state index in [0.29, 0.717) is 23.2 Å². The Hall–Kier alpha value is -0.870. The summed E-state index contributed by atoms with van der Waals surface area (Å²) in [7, 11) is 1.50. The zero-order chi connectivity index (χ0) is 21.9. The topological polar surface area (TPSA) is 44.8 Å². The summed E-state index contributed by atoms with van der Waals surface area (Å²) in [5.41, 5.74) is 2.40. The molecule has 0 amide bonds. The van der Waals surface area contributed by atoms with Gasteiger partial charge in [0.15, 0.2) is 5.79 Å². The van der Waals surface area contributed by atoms with Crippen LogP contribution in [0.4, 0.5) is 0 Å². The van der Waals surface area contributed by atoms with Crippen molar-refractivity contribution in [2.24, 2.45) is 40.4 Å². The number of esters is 1. The number of allylic oxidation sites excluding steroid dienone is 1. The Bertz CT molecular complexity index is 738. The third-order valence-electron chi connectivity index (χ3n) is 10.7. The van der Waals surface area contributed by atoms with E-state index in [1.54, 1.807) is 5.57 Å². The van der Waals surface area contributed by atoms with Gasteiger partial charge >= 0.3 is 5.97 Å². The molecular formula is C27H42O4. The molecule has 0 aromatic carbocycles. The Balaban J connectivity index is 1.33. The number of hydrogen-bond acceptors (Lipinski definition) is 4. The van der Waals surface area contributed by atoms with Gasteiger partial charge in [0.25, 0.3) is 0 Å². The number of fused-ring (bicyclic) bond motifs is 5. The molecule has 1 aliphatic heterocycles. The average molecular weight is 431 g/mol. The van der Waals surface area contributed by atoms with Gasteiger partial charge in [-0.15, -0.1) is 0 Å². The van der Waals surface area contributed by atoms with Crippen LogP contribution in [0.3, 0.4) is 0 Å². The number of carbonyl (C=O) groups is 1. The van der Waals surface area contributed by atoms with Crippen molar-refractivity contribution in [1.82, 2.24) is 0 Å². The van der Waals surface area contributed by atoms with E-state index in [4.69, 9.17) is 14.2 Å². The first-order chi connectivity index (χ1) is 14.8. The zero-order valence-corrected chi connectivity index (χ0v) is 20.1. The molecule has 3 saturated carbocycles. The van der Waals surface area contributed by atoms with Crippen LogP contribution in [0, 0.1) is 40.4 Å². The minimum Gasteiger partial charge on any atom is -0.469 e. The lowest BCUT2D eigenvalue weighted by atomic mass is 9.46. The lowest BCUT2D eigenvalue weighted by molar-refractivity contribution is -0.185. The van der Waals surface area contributed by atoms with Crippen molar-refractivity contribution in [1.29, 1.82) is 0 Å². The van der Waals surface area contributed by atoms with Gasteiger partial charge in [-0.1, -0.05) is 32.4 Å². The first-order valence-electron chi connectivity index (χ1n) is 12.9. The summed E-state index contributed by atoms with van der Waals surface area (Å²) >= 11 is 0. The highest BCUT2D eigenvalue weighted by molar-refractivity contribution is 5.69. The molecule has 174 valence electrons. The summed E-state index contributed by atoms with van der Waals surface area (Å²) in [5.74, 6) is 3.45. The van der Waals surface area contributed by atoms with Gasteiger partial charge in [-0.25, -0.2) is 0 Å². The number of hydrogen-bond donors (Lipinski definition) is 0. The fourth-order valence-electron chi connectivity index (χ4n) is 8.97. The Kier molecular flexibility index (Phi) is 5.57. The van der Waals surface area contributed by atoms with Gasteiger partial charge in [-0.2, -0.15) is 0 Å². The molecule has 0 aromatic heterocycles. The fourth-order valence-corrected chi connectivity index (χ4v) is 8.97. The molecule has 4 heteroatoms. The van der Waals surface area contributed by atoms with Gasteiger partial charge in [0.1, 0.15) is 0 Å². The van der Waals surface area contributed by atoms with E-state index in [0.717, 1.165) is 56.1 Å². The van der Waals surface area contributed by atoms with Crippen molar-refractivity contribution in [3.05, 3.63) is 11.6 Å². The highest BCUT2D eigenvalue weighted by atomic mass is 16.7. The van der Waals surface area contributed by atoms with Gasteiger partial charge in [0.2, 0.25) is 0 Å². The average Bonchev–Trinajstić information content (AvgIpc) is 3.36. The second kappa shape index (κ2) is 7.87. The molecule has 0 radical (unpaired) electrons. The second-order valence-electron chi connectivity index (χ2n) is 11.9. The highest BCUT2D eigenvalue weighted by Crippen LogP contribution is 2.68. The Morgan fingerprint density at radius 3 is 2.65 bits per heavy atom. The number of ether oxygens (including phenoxy) is 3. The molecule has 0 bridgehead atoms. The molecule has 5 rings (SSSR count). The molecule has 1 heterocycles. The van der Waals surface area contributed by atoms with Crippen molar-refractivity contribution < 1.29 is 19.0 Å². The summed E-state index contributed by atoms with van der Waals surface area (Å²) in [6.07, 6.45) is 14.1. The number of carbonyl (C=O) groups excluding carboxylic acids is 1. The van der Waals surface area contributed by atoms with E-state index in [-0.39, 0.29) is 11.8 Å². The molecule has 1 spiro atoms. The van der Waals surface area contributed by atoms with E-state index in [1.807, 2.05) is 0 Å². The summed E-state index contributed by atoms with van der Waals surface area (Å²) in [5, 5.41) is 0. The highest BCUT2D eigenvalue weighted by Gasteiger charge is 2.60. The van der Waals surface area contributed by atoms with Crippen LogP contribution < -0.4 is 0 Å². The van der Waals surface area contributed by atoms with E-state index in [1.165, 1.54) is 45.6 Å². The van der Waals surface area contributed by atoms with Crippen molar-refractivity contribution in [3.63, 3.8) is 0 Å². The van der Waals surface area contributed by atoms with Crippen LogP contribution in [-0.2, 0) is 19.0 Å². The van der Waals surface area contributed by atoms with Crippen LogP contribution in [0.2, 0.25) is 0 Å². The maximum absolute atomic E-state index is 11.7. The summed E-state index contributed by atoms with van der Waals surface area (Å²) in [6.45, 7) is 9.05. The van der Waals surface area contributed by atoms with Gasteiger partial charge in [0, 0.05) is 19.3 Å². The summed E-state index contributed by atoms with van der Waals surface area (Å²) in [4.78, 5) is 11.7. The molecule has 5 aliphatic rings. The first-order valence-corrected chi connectivity index (χ1v) is 12.9. The smallest absolute Gasteiger partial charge is 0.305 e. The van der Waals surface area contributed by atoms with Gasteiger partial charge < -0.3 is 14.2 Å². The zero-order valence-electron chi connectivity index (χ0n) is 20.1. The Morgan fingerprint density at radius 1 is 1.13 bits per heavy atom. The van der Waals surface area contributed by atoms with Crippen molar-refractivity contribution in [3.8, 4) is 0 Å². The van der Waals surface area contributed by atoms with Crippen LogP contribution in [0.1, 0.15) is 85.0 Å². The standard InChI is InChI=1S/C27H42O4/c1-18(5-10-24(28)29-4)21-8-9-22-20-7-6-19-17-27(30-15-16-31-27)14-13-25(19,2)23(20)11-12-26(21,22)3/h6,18,20-23H,5,7-17H2,1-4H3/t18-,20+,21-,22+,23+,25+,26-/m1/s1. The monoisotopic (exact) mass is 430 g/mol. The molecule has 4 aliphatic carbocycles. The third-order valence-corrected chi connectivity index (χ3v) is 10.7. The normalized spacial score (nSPS) is 44.2. The molecule has 31 heavy (non-hydrogen) atoms. The van der Waals surface area contributed by atoms with Crippen molar-refractivity contribution in [2.45, 2.75) is 90.8 Å². The van der Waals surface area contributed by atoms with Gasteiger partial charge in [-0.05, 0) is 85.4 Å².